The number of imidazole rings is 1. The van der Waals surface area contributed by atoms with Crippen LogP contribution in [0.2, 0.25) is 0 Å². The van der Waals surface area contributed by atoms with E-state index in [0.29, 0.717) is 31.9 Å². The number of H-pyrrole nitrogens is 1. The summed E-state index contributed by atoms with van der Waals surface area (Å²) >= 11 is 0. The van der Waals surface area contributed by atoms with Crippen molar-refractivity contribution in [3.8, 4) is 0 Å². The van der Waals surface area contributed by atoms with E-state index in [1.165, 1.54) is 10.5 Å². The first-order valence-electron chi connectivity index (χ1n) is 5.82. The highest BCUT2D eigenvalue weighted by Crippen LogP contribution is 2.22. The van der Waals surface area contributed by atoms with Crippen LogP contribution in [0.15, 0.2) is 11.2 Å². The monoisotopic (exact) mass is 258 g/mol. The number of nitrogens with zero attached hydrogens (tertiary/aromatic N) is 2. The maximum atomic E-state index is 12.2. The van der Waals surface area contributed by atoms with Gasteiger partial charge >= 0.3 is 0 Å². The Bertz CT molecular complexity index is 482. The Morgan fingerprint density at radius 1 is 1.65 bits per heavy atom. The fourth-order valence-corrected chi connectivity index (χ4v) is 3.46. The molecule has 1 aromatic rings. The molecule has 0 bridgehead atoms. The largest absolute Gasteiger partial charge is 0.332 e. The molecule has 0 aromatic carbocycles. The quantitative estimate of drug-likeness (QED) is 0.791. The molecule has 1 saturated heterocycles. The Balaban J connectivity index is 2.19. The zero-order chi connectivity index (χ0) is 12.5. The average molecular weight is 258 g/mol. The molecule has 2 rings (SSSR count). The summed E-state index contributed by atoms with van der Waals surface area (Å²) in [4.78, 5) is 6.87. The van der Waals surface area contributed by atoms with Gasteiger partial charge in [0, 0.05) is 19.5 Å². The summed E-state index contributed by atoms with van der Waals surface area (Å²) in [6.45, 7) is 3.52. The second-order valence-electron chi connectivity index (χ2n) is 4.30. The molecular weight excluding hydrogens is 240 g/mol. The van der Waals surface area contributed by atoms with Crippen molar-refractivity contribution in [1.29, 1.82) is 0 Å². The van der Waals surface area contributed by atoms with E-state index in [1.54, 1.807) is 0 Å². The molecule has 1 aliphatic rings. The molecule has 1 aromatic heterocycles. The van der Waals surface area contributed by atoms with Gasteiger partial charge in [-0.2, -0.15) is 4.31 Å². The van der Waals surface area contributed by atoms with Gasteiger partial charge in [-0.3, -0.25) is 0 Å². The van der Waals surface area contributed by atoms with Gasteiger partial charge in [0.1, 0.15) is 5.82 Å². The van der Waals surface area contributed by atoms with Crippen molar-refractivity contribution in [2.75, 3.05) is 19.6 Å². The predicted octanol–water partition coefficient (Wildman–Crippen LogP) is -0.0586. The number of rotatable bonds is 4. The molecule has 1 aliphatic heterocycles. The topological polar surface area (TPSA) is 92.1 Å². The van der Waals surface area contributed by atoms with Crippen molar-refractivity contribution >= 4 is 10.0 Å². The minimum atomic E-state index is -3.41. The Morgan fingerprint density at radius 2 is 2.41 bits per heavy atom. The molecule has 96 valence electrons. The van der Waals surface area contributed by atoms with Crippen LogP contribution < -0.4 is 5.73 Å². The maximum absolute atomic E-state index is 12.2. The lowest BCUT2D eigenvalue weighted by Gasteiger charge is -2.14. The minimum absolute atomic E-state index is 0.187. The van der Waals surface area contributed by atoms with Gasteiger partial charge in [-0.05, 0) is 18.9 Å². The molecule has 7 heteroatoms. The van der Waals surface area contributed by atoms with Gasteiger partial charge in [-0.1, -0.05) is 6.92 Å². The Kier molecular flexibility index (Phi) is 3.50. The number of nitrogens with one attached hydrogen (secondary N) is 1. The molecule has 0 radical (unpaired) electrons. The van der Waals surface area contributed by atoms with Gasteiger partial charge in [0.05, 0.1) is 6.20 Å². The van der Waals surface area contributed by atoms with Crippen LogP contribution in [-0.4, -0.2) is 42.3 Å². The third-order valence-corrected chi connectivity index (χ3v) is 4.91. The number of hydrogen-bond acceptors (Lipinski definition) is 4. The van der Waals surface area contributed by atoms with Gasteiger partial charge in [0.15, 0.2) is 5.03 Å². The molecule has 1 fully saturated rings. The Hall–Kier alpha value is -0.920. The number of nitrogens with two attached hydrogens (primary N) is 1. The van der Waals surface area contributed by atoms with Crippen molar-refractivity contribution in [2.24, 2.45) is 11.7 Å². The van der Waals surface area contributed by atoms with E-state index in [2.05, 4.69) is 9.97 Å². The fourth-order valence-electron chi connectivity index (χ4n) is 2.00. The summed E-state index contributed by atoms with van der Waals surface area (Å²) in [7, 11) is -3.41. The molecule has 17 heavy (non-hydrogen) atoms. The summed E-state index contributed by atoms with van der Waals surface area (Å²) in [5.74, 6) is 0.969. The van der Waals surface area contributed by atoms with Gasteiger partial charge in [-0.25, -0.2) is 13.4 Å². The van der Waals surface area contributed by atoms with Crippen LogP contribution in [0.5, 0.6) is 0 Å². The number of aromatic amines is 1. The lowest BCUT2D eigenvalue weighted by Crippen LogP contribution is -2.30. The Morgan fingerprint density at radius 3 is 2.94 bits per heavy atom. The second kappa shape index (κ2) is 4.75. The van der Waals surface area contributed by atoms with Crippen molar-refractivity contribution in [3.05, 3.63) is 12.0 Å². The normalized spacial score (nSPS) is 22.1. The van der Waals surface area contributed by atoms with Crippen molar-refractivity contribution in [2.45, 2.75) is 24.8 Å². The number of sulfonamides is 1. The zero-order valence-electron chi connectivity index (χ0n) is 9.89. The predicted molar refractivity (Wildman–Crippen MR) is 63.9 cm³/mol. The molecule has 0 saturated carbocycles. The second-order valence-corrected chi connectivity index (χ2v) is 6.21. The van der Waals surface area contributed by atoms with E-state index in [-0.39, 0.29) is 10.9 Å². The third kappa shape index (κ3) is 2.36. The van der Waals surface area contributed by atoms with E-state index >= 15 is 0 Å². The van der Waals surface area contributed by atoms with Crippen molar-refractivity contribution < 1.29 is 8.42 Å². The van der Waals surface area contributed by atoms with Gasteiger partial charge in [0.2, 0.25) is 0 Å². The molecule has 3 N–H and O–H groups in total. The first-order valence-corrected chi connectivity index (χ1v) is 7.26. The summed E-state index contributed by atoms with van der Waals surface area (Å²) in [6.07, 6.45) is 2.93. The van der Waals surface area contributed by atoms with Gasteiger partial charge in [0.25, 0.3) is 10.0 Å². The molecule has 1 atom stereocenters. The third-order valence-electron chi connectivity index (χ3n) is 3.14. The van der Waals surface area contributed by atoms with E-state index in [4.69, 9.17) is 5.73 Å². The van der Waals surface area contributed by atoms with Crippen LogP contribution in [0.4, 0.5) is 0 Å². The Labute approximate surface area is 101 Å². The zero-order valence-corrected chi connectivity index (χ0v) is 10.7. The molecule has 6 nitrogen and oxygen atoms in total. The summed E-state index contributed by atoms with van der Waals surface area (Å²) in [5.41, 5.74) is 5.56. The SMILES string of the molecule is CCc1ncc(S(=O)(=O)N2CCC(CN)C2)[nH]1. The summed E-state index contributed by atoms with van der Waals surface area (Å²) < 4.78 is 26.0. The first-order chi connectivity index (χ1) is 8.07. The number of aryl methyl sites for hydroxylation is 1. The van der Waals surface area contributed by atoms with Gasteiger partial charge < -0.3 is 10.7 Å². The smallest absolute Gasteiger partial charge is 0.260 e. The average Bonchev–Trinajstić information content (AvgIpc) is 2.98. The van der Waals surface area contributed by atoms with Gasteiger partial charge in [-0.15, -0.1) is 0 Å². The highest BCUT2D eigenvalue weighted by Gasteiger charge is 2.32. The first kappa shape index (κ1) is 12.5. The standard InChI is InChI=1S/C10H18N4O2S/c1-2-9-12-6-10(13-9)17(15,16)14-4-3-8(5-11)7-14/h6,8H,2-5,7,11H2,1H3,(H,12,13). The van der Waals surface area contributed by atoms with Crippen molar-refractivity contribution in [1.82, 2.24) is 14.3 Å². The van der Waals surface area contributed by atoms with E-state index in [1.807, 2.05) is 6.92 Å². The van der Waals surface area contributed by atoms with E-state index in [9.17, 15) is 8.42 Å². The van der Waals surface area contributed by atoms with Crippen LogP contribution in [0.3, 0.4) is 0 Å². The summed E-state index contributed by atoms with van der Waals surface area (Å²) in [6, 6.07) is 0. The highest BCUT2D eigenvalue weighted by molar-refractivity contribution is 7.89. The molecule has 1 unspecified atom stereocenters. The van der Waals surface area contributed by atoms with E-state index < -0.39 is 10.0 Å². The molecule has 2 heterocycles. The van der Waals surface area contributed by atoms with Crippen LogP contribution >= 0.6 is 0 Å². The van der Waals surface area contributed by atoms with Crippen LogP contribution in [0.25, 0.3) is 0 Å². The van der Waals surface area contributed by atoms with Crippen molar-refractivity contribution in [3.63, 3.8) is 0 Å². The summed E-state index contributed by atoms with van der Waals surface area (Å²) in [5, 5.41) is 0.187. The maximum Gasteiger partial charge on any atom is 0.260 e. The highest BCUT2D eigenvalue weighted by atomic mass is 32.2. The van der Waals surface area contributed by atoms with Crippen LogP contribution in [0, 0.1) is 5.92 Å². The fraction of sp³-hybridized carbons (Fsp3) is 0.700. The van der Waals surface area contributed by atoms with Crippen LogP contribution in [-0.2, 0) is 16.4 Å². The minimum Gasteiger partial charge on any atom is -0.332 e. The lowest BCUT2D eigenvalue weighted by atomic mass is 10.1. The molecule has 0 spiro atoms. The number of hydrogen-bond donors (Lipinski definition) is 2. The molecular formula is C10H18N4O2S. The lowest BCUT2D eigenvalue weighted by molar-refractivity contribution is 0.457. The van der Waals surface area contributed by atoms with E-state index in [0.717, 1.165) is 6.42 Å². The van der Waals surface area contributed by atoms with Crippen LogP contribution in [0.1, 0.15) is 19.2 Å². The molecule has 0 aliphatic carbocycles. The number of aromatic nitrogens is 2. The molecule has 0 amide bonds.